The van der Waals surface area contributed by atoms with Gasteiger partial charge in [0.1, 0.15) is 5.82 Å². The van der Waals surface area contributed by atoms with Crippen molar-refractivity contribution in [3.63, 3.8) is 0 Å². The summed E-state index contributed by atoms with van der Waals surface area (Å²) in [5.41, 5.74) is 4.39. The number of carbonyl (C=O) groups is 1. The molecule has 0 aromatic heterocycles. The van der Waals surface area contributed by atoms with Crippen molar-refractivity contribution < 1.29 is 17.6 Å². The van der Waals surface area contributed by atoms with E-state index in [0.717, 1.165) is 12.1 Å². The first-order valence-electron chi connectivity index (χ1n) is 3.86. The van der Waals surface area contributed by atoms with Crippen LogP contribution in [0.25, 0.3) is 0 Å². The fraction of sp³-hybridized carbons (Fsp3) is 0.125. The van der Waals surface area contributed by atoms with Crippen LogP contribution in [0.4, 0.5) is 4.39 Å². The van der Waals surface area contributed by atoms with Crippen LogP contribution in [0.1, 0.15) is 15.9 Å². The maximum Gasteiger partial charge on any atom is 0.251 e. The van der Waals surface area contributed by atoms with Gasteiger partial charge in [-0.1, -0.05) is 0 Å². The number of nitrogens with two attached hydrogens (primary N) is 2. The number of aryl methyl sites for hydroxylation is 1. The van der Waals surface area contributed by atoms with Crippen molar-refractivity contribution in [2.75, 3.05) is 0 Å². The molecular weight excluding hydrogens is 223 g/mol. The molecule has 15 heavy (non-hydrogen) atoms. The van der Waals surface area contributed by atoms with E-state index in [9.17, 15) is 17.6 Å². The van der Waals surface area contributed by atoms with Gasteiger partial charge in [-0.3, -0.25) is 4.79 Å². The lowest BCUT2D eigenvalue weighted by Gasteiger charge is -2.05. The molecule has 82 valence electrons. The first-order valence-corrected chi connectivity index (χ1v) is 5.41. The van der Waals surface area contributed by atoms with Gasteiger partial charge in [0.2, 0.25) is 10.0 Å². The highest BCUT2D eigenvalue weighted by Gasteiger charge is 2.17. The minimum atomic E-state index is -3.97. The first kappa shape index (κ1) is 11.6. The van der Waals surface area contributed by atoms with Crippen LogP contribution in [0.15, 0.2) is 17.0 Å². The van der Waals surface area contributed by atoms with Crippen molar-refractivity contribution in [3.05, 3.63) is 29.1 Å². The summed E-state index contributed by atoms with van der Waals surface area (Å²) in [6.45, 7) is 1.32. The summed E-state index contributed by atoms with van der Waals surface area (Å²) in [7, 11) is -3.97. The summed E-state index contributed by atoms with van der Waals surface area (Å²) < 4.78 is 35.2. The van der Waals surface area contributed by atoms with Gasteiger partial charge in [-0.15, -0.1) is 0 Å². The number of benzene rings is 1. The number of rotatable bonds is 2. The van der Waals surface area contributed by atoms with Crippen LogP contribution in [0, 0.1) is 12.7 Å². The lowest BCUT2D eigenvalue weighted by molar-refractivity contribution is 0.0996. The van der Waals surface area contributed by atoms with E-state index < -0.39 is 27.3 Å². The molecule has 4 N–H and O–H groups in total. The topological polar surface area (TPSA) is 103 Å². The molecule has 5 nitrogen and oxygen atoms in total. The van der Waals surface area contributed by atoms with Gasteiger partial charge in [0.05, 0.1) is 10.5 Å². The Kier molecular flexibility index (Phi) is 2.78. The number of halogens is 1. The lowest BCUT2D eigenvalue weighted by atomic mass is 10.1. The van der Waals surface area contributed by atoms with E-state index in [1.165, 1.54) is 6.92 Å². The average molecular weight is 232 g/mol. The molecule has 0 bridgehead atoms. The summed E-state index contributed by atoms with van der Waals surface area (Å²) in [5, 5.41) is 4.84. The largest absolute Gasteiger partial charge is 0.366 e. The Hall–Kier alpha value is -1.47. The van der Waals surface area contributed by atoms with Gasteiger partial charge in [0.15, 0.2) is 0 Å². The van der Waals surface area contributed by atoms with Gasteiger partial charge in [0.25, 0.3) is 5.91 Å². The van der Waals surface area contributed by atoms with Gasteiger partial charge in [0, 0.05) is 0 Å². The number of primary amides is 1. The second kappa shape index (κ2) is 3.59. The van der Waals surface area contributed by atoms with Crippen LogP contribution in [-0.4, -0.2) is 14.3 Å². The van der Waals surface area contributed by atoms with Crippen LogP contribution in [0.2, 0.25) is 0 Å². The van der Waals surface area contributed by atoms with Crippen LogP contribution in [0.5, 0.6) is 0 Å². The Balaban J connectivity index is 3.57. The number of sulfonamides is 1. The SMILES string of the molecule is Cc1cc(S(N)(=O)=O)cc(C(N)=O)c1F. The fourth-order valence-electron chi connectivity index (χ4n) is 1.08. The standard InChI is InChI=1S/C8H9FN2O3S/c1-4-2-5(15(11,13)14)3-6(7(4)9)8(10)12/h2-3H,1H3,(H2,10,12)(H2,11,13,14). The van der Waals surface area contributed by atoms with Crippen LogP contribution in [0.3, 0.4) is 0 Å². The van der Waals surface area contributed by atoms with E-state index in [-0.39, 0.29) is 10.5 Å². The average Bonchev–Trinajstić information content (AvgIpc) is 2.06. The second-order valence-electron chi connectivity index (χ2n) is 3.01. The molecule has 0 aliphatic rings. The minimum absolute atomic E-state index is 0.00433. The summed E-state index contributed by atoms with van der Waals surface area (Å²) >= 11 is 0. The molecule has 7 heteroatoms. The predicted octanol–water partition coefficient (Wildman–Crippen LogP) is -0.120. The lowest BCUT2D eigenvalue weighted by Crippen LogP contribution is -2.18. The molecule has 0 saturated heterocycles. The molecular formula is C8H9FN2O3S. The summed E-state index contributed by atoms with van der Waals surface area (Å²) in [4.78, 5) is 10.5. The zero-order valence-corrected chi connectivity index (χ0v) is 8.64. The molecule has 1 aromatic rings. The highest BCUT2D eigenvalue weighted by atomic mass is 32.2. The van der Waals surface area contributed by atoms with Crippen molar-refractivity contribution in [1.82, 2.24) is 0 Å². The summed E-state index contributed by atoms with van der Waals surface area (Å²) in [5.74, 6) is -1.88. The van der Waals surface area contributed by atoms with Gasteiger partial charge in [-0.05, 0) is 24.6 Å². The zero-order chi connectivity index (χ0) is 11.8. The van der Waals surface area contributed by atoms with E-state index >= 15 is 0 Å². The molecule has 0 heterocycles. The molecule has 1 rings (SSSR count). The molecule has 0 unspecified atom stereocenters. The zero-order valence-electron chi connectivity index (χ0n) is 7.82. The van der Waals surface area contributed by atoms with Crippen LogP contribution < -0.4 is 10.9 Å². The summed E-state index contributed by atoms with van der Waals surface area (Å²) in [6.07, 6.45) is 0. The predicted molar refractivity (Wildman–Crippen MR) is 51.0 cm³/mol. The minimum Gasteiger partial charge on any atom is -0.366 e. The van der Waals surface area contributed by atoms with Crippen LogP contribution in [-0.2, 0) is 10.0 Å². The van der Waals surface area contributed by atoms with Crippen molar-refractivity contribution >= 4 is 15.9 Å². The van der Waals surface area contributed by atoms with Crippen molar-refractivity contribution in [2.45, 2.75) is 11.8 Å². The van der Waals surface area contributed by atoms with E-state index in [0.29, 0.717) is 0 Å². The Labute approximate surface area is 85.9 Å². The van der Waals surface area contributed by atoms with Crippen molar-refractivity contribution in [2.24, 2.45) is 10.9 Å². The molecule has 0 saturated carbocycles. The van der Waals surface area contributed by atoms with E-state index in [4.69, 9.17) is 10.9 Å². The Morgan fingerprint density at radius 2 is 1.93 bits per heavy atom. The Bertz CT molecular complexity index is 525. The highest BCUT2D eigenvalue weighted by molar-refractivity contribution is 7.89. The van der Waals surface area contributed by atoms with E-state index in [2.05, 4.69) is 0 Å². The van der Waals surface area contributed by atoms with Gasteiger partial charge in [-0.2, -0.15) is 0 Å². The number of hydrogen-bond acceptors (Lipinski definition) is 3. The third-order valence-corrected chi connectivity index (χ3v) is 2.71. The molecule has 0 fully saturated rings. The third-order valence-electron chi connectivity index (χ3n) is 1.82. The Morgan fingerprint density at radius 1 is 1.40 bits per heavy atom. The van der Waals surface area contributed by atoms with E-state index in [1.807, 2.05) is 0 Å². The van der Waals surface area contributed by atoms with Gasteiger partial charge in [-0.25, -0.2) is 17.9 Å². The van der Waals surface area contributed by atoms with Gasteiger partial charge >= 0.3 is 0 Å². The molecule has 1 amide bonds. The Morgan fingerprint density at radius 3 is 2.33 bits per heavy atom. The first-order chi connectivity index (χ1) is 6.73. The van der Waals surface area contributed by atoms with Gasteiger partial charge < -0.3 is 5.73 Å². The second-order valence-corrected chi connectivity index (χ2v) is 4.57. The molecule has 1 aromatic carbocycles. The van der Waals surface area contributed by atoms with Crippen LogP contribution >= 0.6 is 0 Å². The number of amides is 1. The van der Waals surface area contributed by atoms with Crippen molar-refractivity contribution in [3.8, 4) is 0 Å². The normalized spacial score (nSPS) is 11.4. The number of primary sulfonamides is 1. The molecule has 0 aliphatic heterocycles. The monoisotopic (exact) mass is 232 g/mol. The van der Waals surface area contributed by atoms with E-state index in [1.54, 1.807) is 0 Å². The molecule has 0 radical (unpaired) electrons. The summed E-state index contributed by atoms with van der Waals surface area (Å²) in [6, 6.07) is 1.86. The smallest absolute Gasteiger partial charge is 0.251 e. The maximum absolute atomic E-state index is 13.3. The third kappa shape index (κ3) is 2.31. The fourth-order valence-corrected chi connectivity index (χ4v) is 1.70. The number of carbonyl (C=O) groups excluding carboxylic acids is 1. The quantitative estimate of drug-likeness (QED) is 0.742. The van der Waals surface area contributed by atoms with Crippen molar-refractivity contribution in [1.29, 1.82) is 0 Å². The maximum atomic E-state index is 13.3. The number of hydrogen-bond donors (Lipinski definition) is 2. The molecule has 0 atom stereocenters. The highest BCUT2D eigenvalue weighted by Crippen LogP contribution is 2.17. The molecule has 0 spiro atoms. The molecule has 0 aliphatic carbocycles.